The first-order chi connectivity index (χ1) is 14.4. The van der Waals surface area contributed by atoms with Crippen LogP contribution in [0.5, 0.6) is 5.75 Å². The summed E-state index contributed by atoms with van der Waals surface area (Å²) < 4.78 is 49.9. The Morgan fingerprint density at radius 3 is 2.57 bits per heavy atom. The first-order valence-electron chi connectivity index (χ1n) is 9.83. The standard InChI is InChI=1S/C22H23F3N2O3/c1-29-11-10-27-18-4-2-3-5-20(18)30-17-12-19(21(27)28)26(14-17)13-15-6-8-16(9-7-15)22(23,24)25/h2-9,17,19H,10-14H2,1H3/t17-,19-/m0/s1. The average molecular weight is 420 g/mol. The number of para-hydroxylation sites is 2. The van der Waals surface area contributed by atoms with Gasteiger partial charge in [-0.25, -0.2) is 0 Å². The molecule has 0 spiro atoms. The summed E-state index contributed by atoms with van der Waals surface area (Å²) in [5.41, 5.74) is 0.757. The van der Waals surface area contributed by atoms with E-state index in [0.29, 0.717) is 44.1 Å². The van der Waals surface area contributed by atoms with Gasteiger partial charge in [0.15, 0.2) is 0 Å². The molecule has 2 aromatic carbocycles. The fourth-order valence-electron chi connectivity index (χ4n) is 4.08. The number of amides is 1. The van der Waals surface area contributed by atoms with Crippen molar-refractivity contribution >= 4 is 11.6 Å². The fourth-order valence-corrected chi connectivity index (χ4v) is 4.08. The van der Waals surface area contributed by atoms with E-state index in [-0.39, 0.29) is 12.0 Å². The Balaban J connectivity index is 1.58. The molecule has 0 N–H and O–H groups in total. The molecule has 2 aromatic rings. The van der Waals surface area contributed by atoms with Crippen LogP contribution in [-0.4, -0.2) is 49.8 Å². The van der Waals surface area contributed by atoms with Gasteiger partial charge in [-0.15, -0.1) is 0 Å². The largest absolute Gasteiger partial charge is 0.487 e. The van der Waals surface area contributed by atoms with Gasteiger partial charge in [-0.3, -0.25) is 9.69 Å². The van der Waals surface area contributed by atoms with Crippen molar-refractivity contribution in [2.24, 2.45) is 0 Å². The molecule has 4 rings (SSSR count). The summed E-state index contributed by atoms with van der Waals surface area (Å²) in [6.07, 6.45) is -3.98. The van der Waals surface area contributed by atoms with Crippen molar-refractivity contribution in [3.8, 4) is 5.75 Å². The molecule has 1 fully saturated rings. The van der Waals surface area contributed by atoms with E-state index in [1.807, 2.05) is 29.2 Å². The summed E-state index contributed by atoms with van der Waals surface area (Å²) >= 11 is 0. The first-order valence-corrected chi connectivity index (χ1v) is 9.83. The highest BCUT2D eigenvalue weighted by Gasteiger charge is 2.42. The molecule has 30 heavy (non-hydrogen) atoms. The Morgan fingerprint density at radius 1 is 1.13 bits per heavy atom. The van der Waals surface area contributed by atoms with E-state index >= 15 is 0 Å². The van der Waals surface area contributed by atoms with Gasteiger partial charge in [0.25, 0.3) is 0 Å². The fraction of sp³-hybridized carbons (Fsp3) is 0.409. The number of likely N-dealkylation sites (tertiary alicyclic amines) is 1. The van der Waals surface area contributed by atoms with Gasteiger partial charge in [0.05, 0.1) is 23.9 Å². The molecule has 2 bridgehead atoms. The van der Waals surface area contributed by atoms with Crippen LogP contribution in [0.2, 0.25) is 0 Å². The van der Waals surface area contributed by atoms with Crippen LogP contribution in [0.25, 0.3) is 0 Å². The summed E-state index contributed by atoms with van der Waals surface area (Å²) in [5, 5.41) is 0. The molecular weight excluding hydrogens is 397 g/mol. The van der Waals surface area contributed by atoms with Gasteiger partial charge < -0.3 is 14.4 Å². The molecule has 2 heterocycles. The summed E-state index contributed by atoms with van der Waals surface area (Å²) in [7, 11) is 1.58. The van der Waals surface area contributed by atoms with Crippen LogP contribution >= 0.6 is 0 Å². The van der Waals surface area contributed by atoms with E-state index < -0.39 is 17.8 Å². The molecule has 0 aromatic heterocycles. The molecule has 0 saturated carbocycles. The zero-order valence-electron chi connectivity index (χ0n) is 16.6. The number of carbonyl (C=O) groups is 1. The molecule has 0 unspecified atom stereocenters. The van der Waals surface area contributed by atoms with Crippen molar-refractivity contribution in [3.63, 3.8) is 0 Å². The van der Waals surface area contributed by atoms with Crippen LogP contribution in [0.3, 0.4) is 0 Å². The van der Waals surface area contributed by atoms with Gasteiger partial charge in [-0.2, -0.15) is 13.2 Å². The number of ether oxygens (including phenoxy) is 2. The lowest BCUT2D eigenvalue weighted by Gasteiger charge is -2.31. The van der Waals surface area contributed by atoms with Crippen LogP contribution in [0.1, 0.15) is 17.5 Å². The number of fused-ring (bicyclic) bond motifs is 3. The maximum Gasteiger partial charge on any atom is 0.416 e. The first kappa shape index (κ1) is 20.7. The van der Waals surface area contributed by atoms with Crippen molar-refractivity contribution in [2.45, 2.75) is 31.3 Å². The molecule has 2 aliphatic heterocycles. The Morgan fingerprint density at radius 2 is 1.87 bits per heavy atom. The number of hydrogen-bond donors (Lipinski definition) is 0. The maximum atomic E-state index is 13.4. The van der Waals surface area contributed by atoms with Gasteiger partial charge in [-0.1, -0.05) is 24.3 Å². The molecule has 1 amide bonds. The highest BCUT2D eigenvalue weighted by Crippen LogP contribution is 2.36. The van der Waals surface area contributed by atoms with Crippen molar-refractivity contribution < 1.29 is 27.4 Å². The Bertz CT molecular complexity index is 901. The van der Waals surface area contributed by atoms with E-state index in [1.54, 1.807) is 12.0 Å². The van der Waals surface area contributed by atoms with E-state index in [2.05, 4.69) is 0 Å². The third kappa shape index (κ3) is 4.15. The zero-order chi connectivity index (χ0) is 21.3. The lowest BCUT2D eigenvalue weighted by molar-refractivity contribution is -0.137. The van der Waals surface area contributed by atoms with Crippen LogP contribution < -0.4 is 9.64 Å². The third-order valence-electron chi connectivity index (χ3n) is 5.55. The number of halogens is 3. The summed E-state index contributed by atoms with van der Waals surface area (Å²) in [6.45, 7) is 1.69. The van der Waals surface area contributed by atoms with Crippen molar-refractivity contribution in [2.75, 3.05) is 31.7 Å². The highest BCUT2D eigenvalue weighted by molar-refractivity contribution is 5.99. The summed E-state index contributed by atoms with van der Waals surface area (Å²) in [5.74, 6) is 0.610. The van der Waals surface area contributed by atoms with Gasteiger partial charge in [0, 0.05) is 33.2 Å². The second kappa shape index (κ2) is 8.28. The molecular formula is C22H23F3N2O3. The monoisotopic (exact) mass is 420 g/mol. The third-order valence-corrected chi connectivity index (χ3v) is 5.55. The van der Waals surface area contributed by atoms with Crippen LogP contribution in [0, 0.1) is 0 Å². The Labute approximate surface area is 173 Å². The number of hydrogen-bond acceptors (Lipinski definition) is 4. The molecule has 1 saturated heterocycles. The summed E-state index contributed by atoms with van der Waals surface area (Å²) in [6, 6.07) is 12.1. The normalized spacial score (nSPS) is 21.7. The SMILES string of the molecule is COCCN1C(=O)[C@@H]2C[C@@H](CN2Cc2ccc(C(F)(F)F)cc2)Oc2ccccc21. The van der Waals surface area contributed by atoms with Crippen LogP contribution in [-0.2, 0) is 22.3 Å². The highest BCUT2D eigenvalue weighted by atomic mass is 19.4. The molecule has 0 aliphatic carbocycles. The Hall–Kier alpha value is -2.58. The van der Waals surface area contributed by atoms with Crippen LogP contribution in [0.15, 0.2) is 48.5 Å². The lowest BCUT2D eigenvalue weighted by atomic mass is 10.1. The number of methoxy groups -OCH3 is 1. The minimum Gasteiger partial charge on any atom is -0.487 e. The lowest BCUT2D eigenvalue weighted by Crippen LogP contribution is -2.47. The number of anilines is 1. The van der Waals surface area contributed by atoms with Crippen molar-refractivity contribution in [1.82, 2.24) is 4.90 Å². The maximum absolute atomic E-state index is 13.4. The molecule has 2 atom stereocenters. The van der Waals surface area contributed by atoms with Gasteiger partial charge in [0.1, 0.15) is 11.9 Å². The molecule has 160 valence electrons. The van der Waals surface area contributed by atoms with Crippen molar-refractivity contribution in [3.05, 3.63) is 59.7 Å². The molecule has 5 nitrogen and oxygen atoms in total. The quantitative estimate of drug-likeness (QED) is 0.740. The van der Waals surface area contributed by atoms with Gasteiger partial charge in [0.2, 0.25) is 5.91 Å². The smallest absolute Gasteiger partial charge is 0.416 e. The number of carbonyl (C=O) groups excluding carboxylic acids is 1. The van der Waals surface area contributed by atoms with E-state index in [0.717, 1.165) is 17.7 Å². The Kier molecular flexibility index (Phi) is 5.71. The zero-order valence-corrected chi connectivity index (χ0v) is 16.6. The topological polar surface area (TPSA) is 42.0 Å². The molecule has 0 radical (unpaired) electrons. The minimum absolute atomic E-state index is 0.0442. The predicted molar refractivity (Wildman–Crippen MR) is 105 cm³/mol. The van der Waals surface area contributed by atoms with Crippen LogP contribution in [0.4, 0.5) is 18.9 Å². The number of alkyl halides is 3. The number of benzene rings is 2. The second-order valence-electron chi connectivity index (χ2n) is 7.57. The average Bonchev–Trinajstić information content (AvgIpc) is 3.11. The predicted octanol–water partition coefficient (Wildman–Crippen LogP) is 3.72. The van der Waals surface area contributed by atoms with Gasteiger partial charge in [-0.05, 0) is 29.8 Å². The second-order valence-corrected chi connectivity index (χ2v) is 7.57. The van der Waals surface area contributed by atoms with E-state index in [9.17, 15) is 18.0 Å². The number of nitrogens with zero attached hydrogens (tertiary/aromatic N) is 2. The van der Waals surface area contributed by atoms with Crippen molar-refractivity contribution in [1.29, 1.82) is 0 Å². The van der Waals surface area contributed by atoms with E-state index in [4.69, 9.17) is 9.47 Å². The van der Waals surface area contributed by atoms with Gasteiger partial charge >= 0.3 is 6.18 Å². The number of rotatable bonds is 5. The molecule has 2 aliphatic rings. The minimum atomic E-state index is -4.37. The summed E-state index contributed by atoms with van der Waals surface area (Å²) in [4.78, 5) is 17.1. The van der Waals surface area contributed by atoms with E-state index in [1.165, 1.54) is 12.1 Å². The molecule has 8 heteroatoms.